The molecule has 5 heteroatoms. The van der Waals surface area contributed by atoms with Crippen LogP contribution in [0.15, 0.2) is 17.0 Å². The first-order valence-electron chi connectivity index (χ1n) is 6.26. The lowest BCUT2D eigenvalue weighted by molar-refractivity contribution is -0.138. The number of fused-ring (bicyclic) bond motifs is 1. The minimum Gasteiger partial charge on any atom is -0.481 e. The van der Waals surface area contributed by atoms with Crippen LogP contribution in [0.25, 0.3) is 0 Å². The van der Waals surface area contributed by atoms with Gasteiger partial charge in [0.05, 0.1) is 12.1 Å². The van der Waals surface area contributed by atoms with Crippen LogP contribution in [0.2, 0.25) is 0 Å². The summed E-state index contributed by atoms with van der Waals surface area (Å²) in [7, 11) is 0. The molecule has 0 atom stereocenters. The van der Waals surface area contributed by atoms with E-state index in [9.17, 15) is 9.59 Å². The molecule has 0 unspecified atom stereocenters. The molecule has 0 aliphatic carbocycles. The van der Waals surface area contributed by atoms with Gasteiger partial charge in [-0.15, -0.1) is 11.8 Å². The van der Waals surface area contributed by atoms with Crippen LogP contribution < -0.4 is 4.90 Å². The van der Waals surface area contributed by atoms with E-state index >= 15 is 0 Å². The number of amides is 1. The first-order chi connectivity index (χ1) is 9.00. The van der Waals surface area contributed by atoms with Gasteiger partial charge in [-0.2, -0.15) is 0 Å². The van der Waals surface area contributed by atoms with Crippen molar-refractivity contribution < 1.29 is 14.7 Å². The van der Waals surface area contributed by atoms with Crippen LogP contribution in [-0.2, 0) is 9.59 Å². The molecule has 19 heavy (non-hydrogen) atoms. The van der Waals surface area contributed by atoms with Crippen LogP contribution in [0.4, 0.5) is 5.69 Å². The van der Waals surface area contributed by atoms with E-state index in [0.717, 1.165) is 27.5 Å². The number of benzene rings is 1. The lowest BCUT2D eigenvalue weighted by Gasteiger charge is -2.31. The highest BCUT2D eigenvalue weighted by atomic mass is 32.2. The molecule has 2 rings (SSSR count). The Morgan fingerprint density at radius 2 is 2.05 bits per heavy atom. The maximum atomic E-state index is 12.2. The van der Waals surface area contributed by atoms with E-state index in [1.165, 1.54) is 0 Å². The molecule has 0 saturated heterocycles. The molecular formula is C14H17NO3S. The summed E-state index contributed by atoms with van der Waals surface area (Å²) in [6, 6.07) is 4.10. The summed E-state index contributed by atoms with van der Waals surface area (Å²) >= 11 is 1.75. The highest BCUT2D eigenvalue weighted by molar-refractivity contribution is 7.99. The summed E-state index contributed by atoms with van der Waals surface area (Å²) in [5.74, 6) is -0.174. The molecular weight excluding hydrogens is 262 g/mol. The van der Waals surface area contributed by atoms with E-state index in [-0.39, 0.29) is 18.7 Å². The van der Waals surface area contributed by atoms with Gasteiger partial charge in [-0.1, -0.05) is 6.07 Å². The van der Waals surface area contributed by atoms with Crippen LogP contribution in [0.3, 0.4) is 0 Å². The fourth-order valence-electron chi connectivity index (χ4n) is 2.19. The summed E-state index contributed by atoms with van der Waals surface area (Å²) in [5.41, 5.74) is 3.22. The van der Waals surface area contributed by atoms with Crippen LogP contribution in [0, 0.1) is 13.8 Å². The maximum absolute atomic E-state index is 12.2. The van der Waals surface area contributed by atoms with Crippen molar-refractivity contribution in [3.8, 4) is 0 Å². The third kappa shape index (κ3) is 2.92. The number of carbonyl (C=O) groups excluding carboxylic acids is 1. The number of hydrogen-bond acceptors (Lipinski definition) is 3. The molecule has 0 spiro atoms. The van der Waals surface area contributed by atoms with E-state index in [1.807, 2.05) is 19.9 Å². The Bertz CT molecular complexity index is 528. The van der Waals surface area contributed by atoms with Gasteiger partial charge >= 0.3 is 5.97 Å². The van der Waals surface area contributed by atoms with E-state index in [1.54, 1.807) is 16.7 Å². The zero-order chi connectivity index (χ0) is 14.0. The average Bonchev–Trinajstić information content (AvgIpc) is 2.39. The van der Waals surface area contributed by atoms with E-state index in [4.69, 9.17) is 5.11 Å². The number of rotatable bonds is 3. The van der Waals surface area contributed by atoms with Gasteiger partial charge < -0.3 is 10.0 Å². The van der Waals surface area contributed by atoms with E-state index in [2.05, 4.69) is 6.07 Å². The van der Waals surface area contributed by atoms with Gasteiger partial charge in [-0.3, -0.25) is 9.59 Å². The molecule has 0 aromatic heterocycles. The maximum Gasteiger partial charge on any atom is 0.303 e. The normalized spacial score (nSPS) is 14.1. The van der Waals surface area contributed by atoms with Gasteiger partial charge in [0.2, 0.25) is 5.91 Å². The Morgan fingerprint density at radius 1 is 1.32 bits per heavy atom. The molecule has 4 nitrogen and oxygen atoms in total. The fourth-order valence-corrected chi connectivity index (χ4v) is 3.24. The third-order valence-corrected chi connectivity index (χ3v) is 4.39. The lowest BCUT2D eigenvalue weighted by atomic mass is 10.1. The standard InChI is InChI=1S/C14H17NO3S/c1-9-3-4-11-14(10(9)2)15(7-8-19-11)12(16)5-6-13(17)18/h3-4H,5-8H2,1-2H3,(H,17,18). The zero-order valence-corrected chi connectivity index (χ0v) is 11.9. The van der Waals surface area contributed by atoms with Crippen LogP contribution >= 0.6 is 11.8 Å². The second-order valence-corrected chi connectivity index (χ2v) is 5.78. The number of carboxylic acid groups (broad SMARTS) is 1. The summed E-state index contributed by atoms with van der Waals surface area (Å²) in [6.45, 7) is 4.69. The quantitative estimate of drug-likeness (QED) is 0.924. The number of anilines is 1. The molecule has 1 aliphatic heterocycles. The van der Waals surface area contributed by atoms with Crippen molar-refractivity contribution in [1.29, 1.82) is 0 Å². The number of thioether (sulfide) groups is 1. The number of nitrogens with zero attached hydrogens (tertiary/aromatic N) is 1. The highest BCUT2D eigenvalue weighted by Gasteiger charge is 2.25. The van der Waals surface area contributed by atoms with Gasteiger partial charge in [0.15, 0.2) is 0 Å². The van der Waals surface area contributed by atoms with Crippen molar-refractivity contribution in [2.45, 2.75) is 31.6 Å². The van der Waals surface area contributed by atoms with Gasteiger partial charge in [-0.25, -0.2) is 0 Å². The summed E-state index contributed by atoms with van der Waals surface area (Å²) in [4.78, 5) is 25.6. The molecule has 1 N–H and O–H groups in total. The predicted octanol–water partition coefficient (Wildman–Crippen LogP) is 2.61. The van der Waals surface area contributed by atoms with E-state index in [0.29, 0.717) is 6.54 Å². The first kappa shape index (κ1) is 13.9. The zero-order valence-electron chi connectivity index (χ0n) is 11.1. The number of aliphatic carboxylic acids is 1. The van der Waals surface area contributed by atoms with Gasteiger partial charge in [0.25, 0.3) is 0 Å². The Labute approximate surface area is 116 Å². The Morgan fingerprint density at radius 3 is 2.74 bits per heavy atom. The Hall–Kier alpha value is -1.49. The monoisotopic (exact) mass is 279 g/mol. The summed E-state index contributed by atoms with van der Waals surface area (Å²) < 4.78 is 0. The largest absolute Gasteiger partial charge is 0.481 e. The number of carbonyl (C=O) groups is 2. The predicted molar refractivity (Wildman–Crippen MR) is 75.9 cm³/mol. The van der Waals surface area contributed by atoms with Crippen molar-refractivity contribution in [3.05, 3.63) is 23.3 Å². The molecule has 1 aliphatic rings. The molecule has 1 aromatic carbocycles. The van der Waals surface area contributed by atoms with E-state index < -0.39 is 5.97 Å². The Balaban J connectivity index is 2.28. The van der Waals surface area contributed by atoms with Crippen molar-refractivity contribution in [2.75, 3.05) is 17.2 Å². The summed E-state index contributed by atoms with van der Waals surface area (Å²) in [6.07, 6.45) is -0.0461. The number of carboxylic acids is 1. The highest BCUT2D eigenvalue weighted by Crippen LogP contribution is 2.38. The molecule has 1 aromatic rings. The second-order valence-electron chi connectivity index (χ2n) is 4.64. The van der Waals surface area contributed by atoms with Crippen LogP contribution in [0.5, 0.6) is 0 Å². The van der Waals surface area contributed by atoms with Crippen molar-refractivity contribution in [1.82, 2.24) is 0 Å². The number of hydrogen-bond donors (Lipinski definition) is 1. The molecule has 0 radical (unpaired) electrons. The Kier molecular flexibility index (Phi) is 4.14. The molecule has 102 valence electrons. The molecule has 0 bridgehead atoms. The third-order valence-electron chi connectivity index (χ3n) is 3.36. The van der Waals surface area contributed by atoms with Crippen LogP contribution in [-0.4, -0.2) is 29.3 Å². The topological polar surface area (TPSA) is 57.6 Å². The van der Waals surface area contributed by atoms with Crippen molar-refractivity contribution >= 4 is 29.3 Å². The molecule has 1 amide bonds. The summed E-state index contributed by atoms with van der Waals surface area (Å²) in [5, 5.41) is 8.68. The molecule has 0 saturated carbocycles. The first-order valence-corrected chi connectivity index (χ1v) is 7.24. The molecule has 0 fully saturated rings. The second kappa shape index (κ2) is 5.65. The minimum absolute atomic E-state index is 0.0623. The van der Waals surface area contributed by atoms with Crippen LogP contribution in [0.1, 0.15) is 24.0 Å². The fraction of sp³-hybridized carbons (Fsp3) is 0.429. The minimum atomic E-state index is -0.930. The molecule has 1 heterocycles. The average molecular weight is 279 g/mol. The smallest absolute Gasteiger partial charge is 0.303 e. The van der Waals surface area contributed by atoms with Gasteiger partial charge in [-0.05, 0) is 31.0 Å². The SMILES string of the molecule is Cc1ccc2c(c1C)N(C(=O)CCC(=O)O)CCS2. The van der Waals surface area contributed by atoms with Crippen molar-refractivity contribution in [3.63, 3.8) is 0 Å². The lowest BCUT2D eigenvalue weighted by Crippen LogP contribution is -2.36. The number of aryl methyl sites for hydroxylation is 1. The van der Waals surface area contributed by atoms with Gasteiger partial charge in [0.1, 0.15) is 0 Å². The van der Waals surface area contributed by atoms with Crippen molar-refractivity contribution in [2.24, 2.45) is 0 Å². The van der Waals surface area contributed by atoms with Gasteiger partial charge in [0, 0.05) is 23.6 Å².